The van der Waals surface area contributed by atoms with E-state index >= 15 is 0 Å². The molecule has 0 radical (unpaired) electrons. The lowest BCUT2D eigenvalue weighted by Crippen LogP contribution is -2.13. The van der Waals surface area contributed by atoms with Crippen LogP contribution >= 0.6 is 23.2 Å². The number of aryl methyl sites for hydroxylation is 1. The van der Waals surface area contributed by atoms with E-state index in [4.69, 9.17) is 27.9 Å². The second-order valence-electron chi connectivity index (χ2n) is 8.08. The van der Waals surface area contributed by atoms with Gasteiger partial charge in [-0.15, -0.1) is 10.2 Å². The van der Waals surface area contributed by atoms with Gasteiger partial charge in [0.15, 0.2) is 5.75 Å². The van der Waals surface area contributed by atoms with Gasteiger partial charge in [-0.05, 0) is 47.7 Å². The van der Waals surface area contributed by atoms with Gasteiger partial charge < -0.3 is 15.2 Å². The van der Waals surface area contributed by atoms with Crippen LogP contribution in [0.2, 0.25) is 10.0 Å². The number of anilines is 1. The number of nitrogens with zero attached hydrogens (tertiary/aromatic N) is 2. The highest BCUT2D eigenvalue weighted by molar-refractivity contribution is 7.86. The minimum absolute atomic E-state index is 0.0744. The van der Waals surface area contributed by atoms with Crippen molar-refractivity contribution in [3.05, 3.63) is 81.8 Å². The number of carbonyl (C=O) groups is 1. The number of methoxy groups -OCH3 is 1. The highest BCUT2D eigenvalue weighted by atomic mass is 35.5. The number of azo groups is 1. The molecule has 0 spiro atoms. The molecule has 4 aromatic rings. The molecule has 0 saturated carbocycles. The van der Waals surface area contributed by atoms with Crippen molar-refractivity contribution in [2.24, 2.45) is 10.2 Å². The number of nitrogens with one attached hydrogen (secondary N) is 1. The van der Waals surface area contributed by atoms with Gasteiger partial charge in [0.25, 0.3) is 16.0 Å². The molecule has 38 heavy (non-hydrogen) atoms. The summed E-state index contributed by atoms with van der Waals surface area (Å²) in [5, 5.41) is 23.6. The molecular weight excluding hydrogens is 553 g/mol. The van der Waals surface area contributed by atoms with Crippen LogP contribution in [-0.2, 0) is 16.5 Å². The molecule has 0 saturated heterocycles. The van der Waals surface area contributed by atoms with E-state index < -0.39 is 26.7 Å². The van der Waals surface area contributed by atoms with Gasteiger partial charge in [-0.1, -0.05) is 54.4 Å². The van der Waals surface area contributed by atoms with Crippen LogP contribution in [0.4, 0.5) is 17.1 Å². The van der Waals surface area contributed by atoms with Gasteiger partial charge >= 0.3 is 0 Å². The molecule has 0 fully saturated rings. The van der Waals surface area contributed by atoms with Crippen molar-refractivity contribution in [1.82, 2.24) is 0 Å². The molecule has 196 valence electrons. The van der Waals surface area contributed by atoms with Crippen LogP contribution in [0.3, 0.4) is 0 Å². The van der Waals surface area contributed by atoms with Gasteiger partial charge in [-0.3, -0.25) is 9.35 Å². The molecule has 0 aliphatic carbocycles. The first-order chi connectivity index (χ1) is 18.0. The number of amides is 1. The molecule has 0 aliphatic rings. The van der Waals surface area contributed by atoms with Crippen LogP contribution in [0.15, 0.2) is 75.8 Å². The molecule has 3 N–H and O–H groups in total. The van der Waals surface area contributed by atoms with Crippen molar-refractivity contribution in [3.8, 4) is 11.5 Å². The van der Waals surface area contributed by atoms with Crippen molar-refractivity contribution in [2.75, 3.05) is 12.4 Å². The number of carbonyl (C=O) groups excluding carboxylic acids is 1. The molecule has 0 bridgehead atoms. The number of aromatic hydroxyl groups is 1. The predicted molar refractivity (Wildman–Crippen MR) is 146 cm³/mol. The maximum atomic E-state index is 13.2. The van der Waals surface area contributed by atoms with Crippen LogP contribution in [0, 0.1) is 0 Å². The Balaban J connectivity index is 1.86. The fraction of sp³-hybridized carbons (Fsp3) is 0.115. The maximum Gasteiger partial charge on any atom is 0.296 e. The fourth-order valence-electron chi connectivity index (χ4n) is 3.86. The first-order valence-corrected chi connectivity index (χ1v) is 13.3. The Kier molecular flexibility index (Phi) is 7.89. The summed E-state index contributed by atoms with van der Waals surface area (Å²) in [7, 11) is -3.27. The van der Waals surface area contributed by atoms with E-state index in [0.29, 0.717) is 39.2 Å². The summed E-state index contributed by atoms with van der Waals surface area (Å²) in [4.78, 5) is 12.7. The molecule has 4 rings (SSSR count). The molecular formula is C26H21Cl2N3O6S. The first kappa shape index (κ1) is 27.3. The topological polar surface area (TPSA) is 138 Å². The van der Waals surface area contributed by atoms with Crippen molar-refractivity contribution >= 4 is 67.1 Å². The van der Waals surface area contributed by atoms with E-state index in [-0.39, 0.29) is 22.0 Å². The predicted octanol–water partition coefficient (Wildman–Crippen LogP) is 7.34. The number of phenols is 1. The second kappa shape index (κ2) is 11.0. The lowest BCUT2D eigenvalue weighted by atomic mass is 10.0. The van der Waals surface area contributed by atoms with Gasteiger partial charge in [0.1, 0.15) is 22.0 Å². The zero-order valence-corrected chi connectivity index (χ0v) is 22.4. The Labute approximate surface area is 228 Å². The number of fused-ring (bicyclic) bond motifs is 1. The minimum Gasteiger partial charge on any atom is -0.505 e. The molecule has 1 amide bonds. The average molecular weight is 574 g/mol. The lowest BCUT2D eigenvalue weighted by Gasteiger charge is -2.13. The number of hydrogen-bond acceptors (Lipinski definition) is 7. The van der Waals surface area contributed by atoms with Crippen LogP contribution in [0.1, 0.15) is 22.8 Å². The summed E-state index contributed by atoms with van der Waals surface area (Å²) in [5.74, 6) is -0.832. The highest BCUT2D eigenvalue weighted by Crippen LogP contribution is 2.41. The van der Waals surface area contributed by atoms with Crippen LogP contribution in [0.5, 0.6) is 11.5 Å². The van der Waals surface area contributed by atoms with Gasteiger partial charge in [-0.25, -0.2) is 0 Å². The van der Waals surface area contributed by atoms with Crippen molar-refractivity contribution < 1.29 is 27.6 Å². The summed E-state index contributed by atoms with van der Waals surface area (Å²) in [6.45, 7) is 1.75. The Morgan fingerprint density at radius 2 is 1.71 bits per heavy atom. The normalized spacial score (nSPS) is 11.7. The van der Waals surface area contributed by atoms with Gasteiger partial charge in [-0.2, -0.15) is 8.42 Å². The van der Waals surface area contributed by atoms with E-state index in [2.05, 4.69) is 15.5 Å². The summed E-state index contributed by atoms with van der Waals surface area (Å²) in [6.07, 6.45) is 0.329. The third-order valence-corrected chi connectivity index (χ3v) is 7.00. The lowest BCUT2D eigenvalue weighted by molar-refractivity contribution is 0.102. The minimum atomic E-state index is -4.70. The SMILES string of the molecule is CCc1cc(Cl)cc(S(=O)(=O)O)c1N=Nc1c(O)c(C(=O)Nc2ccc(Cl)cc2OC)cc2ccccc12. The third-order valence-electron chi connectivity index (χ3n) is 5.68. The van der Waals surface area contributed by atoms with Crippen LogP contribution < -0.4 is 10.1 Å². The molecule has 0 unspecified atom stereocenters. The van der Waals surface area contributed by atoms with Gasteiger partial charge in [0.05, 0.1) is 18.4 Å². The summed E-state index contributed by atoms with van der Waals surface area (Å²) in [5.41, 5.74) is 0.403. The highest BCUT2D eigenvalue weighted by Gasteiger charge is 2.22. The number of ether oxygens (including phenoxy) is 1. The summed E-state index contributed by atoms with van der Waals surface area (Å²) in [6, 6.07) is 15.6. The van der Waals surface area contributed by atoms with E-state index in [1.807, 2.05) is 0 Å². The van der Waals surface area contributed by atoms with Crippen LogP contribution in [-0.4, -0.2) is 31.1 Å². The van der Waals surface area contributed by atoms with E-state index in [1.165, 1.54) is 25.3 Å². The molecule has 4 aromatic carbocycles. The Morgan fingerprint density at radius 3 is 2.39 bits per heavy atom. The number of hydrogen-bond donors (Lipinski definition) is 3. The summed E-state index contributed by atoms with van der Waals surface area (Å²) >= 11 is 12.0. The average Bonchev–Trinajstić information content (AvgIpc) is 2.88. The molecule has 12 heteroatoms. The number of phenolic OH excluding ortho intramolecular Hbond substituents is 1. The molecule has 0 atom stereocenters. The van der Waals surface area contributed by atoms with Gasteiger partial charge in [0, 0.05) is 21.5 Å². The van der Waals surface area contributed by atoms with Crippen LogP contribution in [0.25, 0.3) is 10.8 Å². The van der Waals surface area contributed by atoms with Crippen molar-refractivity contribution in [2.45, 2.75) is 18.2 Å². The standard InChI is InChI=1S/C26H21Cl2N3O6S/c1-3-14-10-17(28)13-22(38(34,35)36)23(14)30-31-24-18-7-5-4-6-15(18)11-19(25(24)32)26(33)29-20-9-8-16(27)12-21(20)37-2/h4-13,32H,3H2,1-2H3,(H,29,33)(H,34,35,36). The molecule has 0 heterocycles. The van der Waals surface area contributed by atoms with E-state index in [9.17, 15) is 22.9 Å². The Bertz CT molecular complexity index is 1710. The van der Waals surface area contributed by atoms with Crippen molar-refractivity contribution in [1.29, 1.82) is 0 Å². The monoisotopic (exact) mass is 573 g/mol. The quantitative estimate of drug-likeness (QED) is 0.156. The van der Waals surface area contributed by atoms with E-state index in [0.717, 1.165) is 6.07 Å². The van der Waals surface area contributed by atoms with E-state index in [1.54, 1.807) is 43.3 Å². The largest absolute Gasteiger partial charge is 0.505 e. The summed E-state index contributed by atoms with van der Waals surface area (Å²) < 4.78 is 39.1. The molecule has 0 aliphatic heterocycles. The fourth-order valence-corrected chi connectivity index (χ4v) is 5.02. The maximum absolute atomic E-state index is 13.2. The van der Waals surface area contributed by atoms with Gasteiger partial charge in [0.2, 0.25) is 0 Å². The van der Waals surface area contributed by atoms with Crippen molar-refractivity contribution in [3.63, 3.8) is 0 Å². The number of benzene rings is 4. The number of halogens is 2. The number of rotatable bonds is 7. The Morgan fingerprint density at radius 1 is 1.00 bits per heavy atom. The second-order valence-corrected chi connectivity index (χ2v) is 10.3. The third kappa shape index (κ3) is 5.58. The Hall–Kier alpha value is -3.70. The molecule has 0 aromatic heterocycles. The first-order valence-electron chi connectivity index (χ1n) is 11.1. The molecule has 9 nitrogen and oxygen atoms in total. The zero-order valence-electron chi connectivity index (χ0n) is 20.1. The zero-order chi connectivity index (χ0) is 27.6. The smallest absolute Gasteiger partial charge is 0.296 e.